The minimum atomic E-state index is 0.482. The summed E-state index contributed by atoms with van der Waals surface area (Å²) >= 11 is 0. The molecule has 1 aromatic heterocycles. The lowest BCUT2D eigenvalue weighted by Gasteiger charge is -1.94. The molecule has 78 valence electrons. The second-order valence-electron chi connectivity index (χ2n) is 3.22. The van der Waals surface area contributed by atoms with Crippen molar-refractivity contribution in [1.29, 1.82) is 0 Å². The summed E-state index contributed by atoms with van der Waals surface area (Å²) in [6.07, 6.45) is 1.03. The quantitative estimate of drug-likeness (QED) is 0.829. The molecule has 0 saturated heterocycles. The van der Waals surface area contributed by atoms with E-state index in [0.717, 1.165) is 18.5 Å². The van der Waals surface area contributed by atoms with Gasteiger partial charge in [0.15, 0.2) is 0 Å². The molecule has 0 aliphatic carbocycles. The van der Waals surface area contributed by atoms with E-state index in [2.05, 4.69) is 22.4 Å². The summed E-state index contributed by atoms with van der Waals surface area (Å²) in [5, 5.41) is 6.93. The molecule has 0 saturated carbocycles. The molecule has 0 radical (unpaired) electrons. The van der Waals surface area contributed by atoms with E-state index < -0.39 is 0 Å². The molecule has 2 rings (SSSR count). The van der Waals surface area contributed by atoms with Gasteiger partial charge in [-0.2, -0.15) is 4.98 Å². The largest absolute Gasteiger partial charge is 0.338 e. The standard InChI is InChI=1S/C11H13N3O/c1-2-8-12-11-13-10(14-15-11)9-6-4-3-5-7-9/h3-7H,2,8H2,1H3,(H,12,13,14). The van der Waals surface area contributed by atoms with E-state index >= 15 is 0 Å². The molecule has 4 nitrogen and oxygen atoms in total. The second-order valence-corrected chi connectivity index (χ2v) is 3.22. The number of hydrogen-bond donors (Lipinski definition) is 1. The van der Waals surface area contributed by atoms with Crippen molar-refractivity contribution in [2.45, 2.75) is 13.3 Å². The molecule has 1 aromatic carbocycles. The maximum atomic E-state index is 5.05. The Kier molecular flexibility index (Phi) is 2.97. The van der Waals surface area contributed by atoms with E-state index in [9.17, 15) is 0 Å². The number of hydrogen-bond acceptors (Lipinski definition) is 4. The maximum absolute atomic E-state index is 5.05. The number of nitrogens with zero attached hydrogens (tertiary/aromatic N) is 2. The fourth-order valence-electron chi connectivity index (χ4n) is 1.23. The number of rotatable bonds is 4. The molecular weight excluding hydrogens is 190 g/mol. The van der Waals surface area contributed by atoms with Crippen molar-refractivity contribution in [3.63, 3.8) is 0 Å². The highest BCUT2D eigenvalue weighted by molar-refractivity contribution is 5.54. The first kappa shape index (κ1) is 9.71. The molecule has 0 aliphatic rings. The van der Waals surface area contributed by atoms with Gasteiger partial charge in [-0.05, 0) is 6.42 Å². The van der Waals surface area contributed by atoms with Gasteiger partial charge < -0.3 is 9.84 Å². The lowest BCUT2D eigenvalue weighted by atomic mass is 10.2. The molecule has 0 fully saturated rings. The lowest BCUT2D eigenvalue weighted by Crippen LogP contribution is -1.99. The normalized spacial score (nSPS) is 10.2. The van der Waals surface area contributed by atoms with Crippen LogP contribution in [0.2, 0.25) is 0 Å². The SMILES string of the molecule is CCCNc1nc(-c2ccccc2)no1. The summed E-state index contributed by atoms with van der Waals surface area (Å²) < 4.78 is 5.05. The predicted octanol–water partition coefficient (Wildman–Crippen LogP) is 2.56. The van der Waals surface area contributed by atoms with E-state index in [1.54, 1.807) is 0 Å². The zero-order valence-electron chi connectivity index (χ0n) is 8.60. The summed E-state index contributed by atoms with van der Waals surface area (Å²) in [5.74, 6) is 0.620. The molecule has 15 heavy (non-hydrogen) atoms. The van der Waals surface area contributed by atoms with Crippen LogP contribution >= 0.6 is 0 Å². The van der Waals surface area contributed by atoms with Gasteiger partial charge in [0, 0.05) is 12.1 Å². The molecule has 4 heteroatoms. The average molecular weight is 203 g/mol. The highest BCUT2D eigenvalue weighted by Crippen LogP contribution is 2.16. The lowest BCUT2D eigenvalue weighted by molar-refractivity contribution is 0.432. The summed E-state index contributed by atoms with van der Waals surface area (Å²) in [6, 6.07) is 10.2. The summed E-state index contributed by atoms with van der Waals surface area (Å²) in [6.45, 7) is 2.93. The minimum Gasteiger partial charge on any atom is -0.338 e. The zero-order valence-corrected chi connectivity index (χ0v) is 8.60. The second kappa shape index (κ2) is 4.59. The van der Waals surface area contributed by atoms with Gasteiger partial charge in [0.25, 0.3) is 0 Å². The Bertz CT molecular complexity index is 411. The third-order valence-electron chi connectivity index (χ3n) is 1.98. The van der Waals surface area contributed by atoms with Gasteiger partial charge in [-0.25, -0.2) is 0 Å². The summed E-state index contributed by atoms with van der Waals surface area (Å²) in [7, 11) is 0. The Hall–Kier alpha value is -1.84. The average Bonchev–Trinajstić information content (AvgIpc) is 2.76. The van der Waals surface area contributed by atoms with Crippen molar-refractivity contribution in [2.75, 3.05) is 11.9 Å². The molecule has 2 aromatic rings. The fourth-order valence-corrected chi connectivity index (χ4v) is 1.23. The Morgan fingerprint density at radius 2 is 2.07 bits per heavy atom. The van der Waals surface area contributed by atoms with Crippen molar-refractivity contribution in [2.24, 2.45) is 0 Å². The molecule has 0 amide bonds. The van der Waals surface area contributed by atoms with Crippen molar-refractivity contribution in [3.05, 3.63) is 30.3 Å². The monoisotopic (exact) mass is 203 g/mol. The molecular formula is C11H13N3O. The Balaban J connectivity index is 2.14. The predicted molar refractivity (Wildman–Crippen MR) is 58.5 cm³/mol. The first-order valence-corrected chi connectivity index (χ1v) is 5.03. The minimum absolute atomic E-state index is 0.482. The first-order chi connectivity index (χ1) is 7.40. The van der Waals surface area contributed by atoms with Gasteiger partial charge in [0.2, 0.25) is 5.82 Å². The van der Waals surface area contributed by atoms with Crippen LogP contribution in [-0.2, 0) is 0 Å². The Labute approximate surface area is 88.3 Å². The van der Waals surface area contributed by atoms with E-state index in [-0.39, 0.29) is 0 Å². The van der Waals surface area contributed by atoms with Gasteiger partial charge in [-0.1, -0.05) is 42.4 Å². The van der Waals surface area contributed by atoms with Crippen LogP contribution < -0.4 is 5.32 Å². The smallest absolute Gasteiger partial charge is 0.321 e. The summed E-state index contributed by atoms with van der Waals surface area (Å²) in [5.41, 5.74) is 0.964. The number of nitrogens with one attached hydrogen (secondary N) is 1. The number of anilines is 1. The molecule has 0 unspecified atom stereocenters. The first-order valence-electron chi connectivity index (χ1n) is 5.03. The third kappa shape index (κ3) is 2.34. The molecule has 0 aliphatic heterocycles. The maximum Gasteiger partial charge on any atom is 0.321 e. The molecule has 0 atom stereocenters. The number of aromatic nitrogens is 2. The highest BCUT2D eigenvalue weighted by Gasteiger charge is 2.06. The Morgan fingerprint density at radius 1 is 1.27 bits per heavy atom. The van der Waals surface area contributed by atoms with Crippen molar-refractivity contribution < 1.29 is 4.52 Å². The number of benzene rings is 1. The Morgan fingerprint density at radius 3 is 2.80 bits per heavy atom. The van der Waals surface area contributed by atoms with E-state index in [1.165, 1.54) is 0 Å². The van der Waals surface area contributed by atoms with Gasteiger partial charge in [0.05, 0.1) is 0 Å². The molecule has 0 bridgehead atoms. The van der Waals surface area contributed by atoms with Crippen molar-refractivity contribution in [1.82, 2.24) is 10.1 Å². The van der Waals surface area contributed by atoms with Crippen LogP contribution in [0.15, 0.2) is 34.9 Å². The van der Waals surface area contributed by atoms with Crippen LogP contribution in [0, 0.1) is 0 Å². The molecule has 1 N–H and O–H groups in total. The van der Waals surface area contributed by atoms with Gasteiger partial charge in [0.1, 0.15) is 0 Å². The van der Waals surface area contributed by atoms with Gasteiger partial charge >= 0.3 is 6.01 Å². The topological polar surface area (TPSA) is 51.0 Å². The van der Waals surface area contributed by atoms with Crippen LogP contribution in [0.3, 0.4) is 0 Å². The van der Waals surface area contributed by atoms with Crippen LogP contribution in [0.1, 0.15) is 13.3 Å². The van der Waals surface area contributed by atoms with Gasteiger partial charge in [-0.15, -0.1) is 0 Å². The van der Waals surface area contributed by atoms with E-state index in [1.807, 2.05) is 30.3 Å². The van der Waals surface area contributed by atoms with Crippen LogP contribution in [0.5, 0.6) is 0 Å². The van der Waals surface area contributed by atoms with Crippen LogP contribution in [0.25, 0.3) is 11.4 Å². The highest BCUT2D eigenvalue weighted by atomic mass is 16.5. The summed E-state index contributed by atoms with van der Waals surface area (Å²) in [4.78, 5) is 4.23. The van der Waals surface area contributed by atoms with Gasteiger partial charge in [-0.3, -0.25) is 0 Å². The molecule has 1 heterocycles. The fraction of sp³-hybridized carbons (Fsp3) is 0.273. The zero-order chi connectivity index (χ0) is 10.5. The van der Waals surface area contributed by atoms with Crippen molar-refractivity contribution in [3.8, 4) is 11.4 Å². The molecule has 0 spiro atoms. The van der Waals surface area contributed by atoms with Crippen LogP contribution in [-0.4, -0.2) is 16.7 Å². The van der Waals surface area contributed by atoms with Crippen LogP contribution in [0.4, 0.5) is 6.01 Å². The van der Waals surface area contributed by atoms with Crippen molar-refractivity contribution >= 4 is 6.01 Å². The third-order valence-corrected chi connectivity index (χ3v) is 1.98. The van der Waals surface area contributed by atoms with E-state index in [4.69, 9.17) is 4.52 Å². The van der Waals surface area contributed by atoms with E-state index in [0.29, 0.717) is 11.8 Å².